The second-order valence-corrected chi connectivity index (χ2v) is 7.55. The summed E-state index contributed by atoms with van der Waals surface area (Å²) in [6.07, 6.45) is 4.91. The monoisotopic (exact) mass is 359 g/mol. The van der Waals surface area contributed by atoms with Gasteiger partial charge in [-0.25, -0.2) is 4.98 Å². The standard InChI is InChI=1S/C18H25N5OS/c1-23(2)15-9-7-13(8-10-15)11-19-16(24)12-25-18-20-17(21-22-18)14-5-3-4-6-14/h7-10,14H,3-6,11-12H2,1-2H3,(H,19,24)(H,20,21,22). The number of nitrogens with one attached hydrogen (secondary N) is 2. The van der Waals surface area contributed by atoms with Crippen molar-refractivity contribution in [3.8, 4) is 0 Å². The van der Waals surface area contributed by atoms with Crippen LogP contribution in [0, 0.1) is 0 Å². The predicted molar refractivity (Wildman–Crippen MR) is 101 cm³/mol. The van der Waals surface area contributed by atoms with Crippen LogP contribution in [0.2, 0.25) is 0 Å². The number of benzene rings is 1. The van der Waals surface area contributed by atoms with Crippen LogP contribution in [0.5, 0.6) is 0 Å². The largest absolute Gasteiger partial charge is 0.378 e. The fourth-order valence-electron chi connectivity index (χ4n) is 3.00. The zero-order valence-corrected chi connectivity index (χ0v) is 15.6. The van der Waals surface area contributed by atoms with E-state index in [1.54, 1.807) is 0 Å². The first-order valence-corrected chi connectivity index (χ1v) is 9.68. The van der Waals surface area contributed by atoms with E-state index in [4.69, 9.17) is 0 Å². The molecule has 1 fully saturated rings. The maximum atomic E-state index is 12.0. The van der Waals surface area contributed by atoms with Gasteiger partial charge >= 0.3 is 0 Å². The highest BCUT2D eigenvalue weighted by Gasteiger charge is 2.20. The summed E-state index contributed by atoms with van der Waals surface area (Å²) in [5, 5.41) is 10.8. The lowest BCUT2D eigenvalue weighted by Gasteiger charge is -2.12. The minimum atomic E-state index is -0.00565. The van der Waals surface area contributed by atoms with Crippen LogP contribution in [0.15, 0.2) is 29.4 Å². The molecule has 1 aliphatic rings. The number of anilines is 1. The number of hydrogen-bond donors (Lipinski definition) is 2. The van der Waals surface area contributed by atoms with E-state index in [0.717, 1.165) is 17.1 Å². The second kappa shape index (κ2) is 8.38. The van der Waals surface area contributed by atoms with E-state index >= 15 is 0 Å². The normalized spacial score (nSPS) is 14.6. The maximum absolute atomic E-state index is 12.0. The average Bonchev–Trinajstić information content (AvgIpc) is 3.29. The number of hydrogen-bond acceptors (Lipinski definition) is 5. The number of thioether (sulfide) groups is 1. The number of carbonyl (C=O) groups is 1. The van der Waals surface area contributed by atoms with Gasteiger partial charge in [0.25, 0.3) is 0 Å². The van der Waals surface area contributed by atoms with E-state index in [2.05, 4.69) is 37.5 Å². The predicted octanol–water partition coefficient (Wildman–Crippen LogP) is 2.94. The van der Waals surface area contributed by atoms with E-state index in [1.165, 1.54) is 37.4 Å². The van der Waals surface area contributed by atoms with Gasteiger partial charge < -0.3 is 10.2 Å². The van der Waals surface area contributed by atoms with Gasteiger partial charge in [0.1, 0.15) is 5.82 Å². The number of carbonyl (C=O) groups excluding carboxylic acids is 1. The zero-order valence-electron chi connectivity index (χ0n) is 14.8. The van der Waals surface area contributed by atoms with Crippen molar-refractivity contribution in [2.75, 3.05) is 24.7 Å². The van der Waals surface area contributed by atoms with Gasteiger partial charge in [-0.3, -0.25) is 9.89 Å². The van der Waals surface area contributed by atoms with E-state index in [-0.39, 0.29) is 5.91 Å². The molecule has 1 heterocycles. The quantitative estimate of drug-likeness (QED) is 0.744. The number of amides is 1. The smallest absolute Gasteiger partial charge is 0.230 e. The Balaban J connectivity index is 1.42. The molecule has 0 saturated heterocycles. The van der Waals surface area contributed by atoms with Gasteiger partial charge in [-0.2, -0.15) is 0 Å². The van der Waals surface area contributed by atoms with Crippen LogP contribution in [0.3, 0.4) is 0 Å². The summed E-state index contributed by atoms with van der Waals surface area (Å²) in [5.41, 5.74) is 2.23. The number of aromatic nitrogens is 3. The summed E-state index contributed by atoms with van der Waals surface area (Å²) >= 11 is 1.38. The van der Waals surface area contributed by atoms with E-state index < -0.39 is 0 Å². The van der Waals surface area contributed by atoms with E-state index in [0.29, 0.717) is 23.4 Å². The van der Waals surface area contributed by atoms with Crippen LogP contribution in [0.25, 0.3) is 0 Å². The summed E-state index contributed by atoms with van der Waals surface area (Å²) in [6, 6.07) is 8.17. The first kappa shape index (κ1) is 17.8. The van der Waals surface area contributed by atoms with Crippen molar-refractivity contribution in [1.29, 1.82) is 0 Å². The molecule has 0 aliphatic heterocycles. The SMILES string of the molecule is CN(C)c1ccc(CNC(=O)CSc2n[nH]c(C3CCCC3)n2)cc1. The van der Waals surface area contributed by atoms with Crippen molar-refractivity contribution in [3.05, 3.63) is 35.7 Å². The Morgan fingerprint density at radius 1 is 1.28 bits per heavy atom. The van der Waals surface area contributed by atoms with Crippen LogP contribution in [0.1, 0.15) is 43.0 Å². The van der Waals surface area contributed by atoms with Crippen LogP contribution >= 0.6 is 11.8 Å². The molecule has 25 heavy (non-hydrogen) atoms. The molecule has 3 rings (SSSR count). The van der Waals surface area contributed by atoms with E-state index in [9.17, 15) is 4.79 Å². The topological polar surface area (TPSA) is 73.9 Å². The highest BCUT2D eigenvalue weighted by Crippen LogP contribution is 2.32. The second-order valence-electron chi connectivity index (χ2n) is 6.61. The third kappa shape index (κ3) is 4.98. The zero-order chi connectivity index (χ0) is 17.6. The summed E-state index contributed by atoms with van der Waals surface area (Å²) in [4.78, 5) is 18.6. The third-order valence-electron chi connectivity index (χ3n) is 4.50. The average molecular weight is 359 g/mol. The van der Waals surface area contributed by atoms with Crippen molar-refractivity contribution in [3.63, 3.8) is 0 Å². The van der Waals surface area contributed by atoms with Crippen LogP contribution in [-0.2, 0) is 11.3 Å². The summed E-state index contributed by atoms with van der Waals surface area (Å²) in [7, 11) is 4.02. The molecule has 1 aliphatic carbocycles. The Labute approximate surface area is 152 Å². The molecule has 7 heteroatoms. The first-order valence-electron chi connectivity index (χ1n) is 8.70. The summed E-state index contributed by atoms with van der Waals surface area (Å²) in [5.74, 6) is 1.81. The molecule has 0 radical (unpaired) electrons. The van der Waals surface area contributed by atoms with Gasteiger partial charge in [0.2, 0.25) is 11.1 Å². The molecule has 1 aromatic heterocycles. The Bertz CT molecular complexity index is 692. The van der Waals surface area contributed by atoms with Gasteiger partial charge in [-0.15, -0.1) is 5.10 Å². The molecule has 2 N–H and O–H groups in total. The molecule has 0 atom stereocenters. The molecule has 1 aromatic carbocycles. The summed E-state index contributed by atoms with van der Waals surface area (Å²) in [6.45, 7) is 0.536. The van der Waals surface area contributed by atoms with Crippen molar-refractivity contribution in [2.45, 2.75) is 43.3 Å². The number of rotatable bonds is 7. The van der Waals surface area contributed by atoms with Crippen LogP contribution < -0.4 is 10.2 Å². The molecule has 134 valence electrons. The lowest BCUT2D eigenvalue weighted by Crippen LogP contribution is -2.24. The fourth-order valence-corrected chi connectivity index (χ4v) is 3.63. The molecular weight excluding hydrogens is 334 g/mol. The van der Waals surface area contributed by atoms with Crippen molar-refractivity contribution < 1.29 is 4.79 Å². The highest BCUT2D eigenvalue weighted by atomic mass is 32.2. The molecule has 0 unspecified atom stereocenters. The van der Waals surface area contributed by atoms with Gasteiger partial charge in [0, 0.05) is 32.2 Å². The van der Waals surface area contributed by atoms with Crippen LogP contribution in [0.4, 0.5) is 5.69 Å². The Morgan fingerprint density at radius 3 is 2.68 bits per heavy atom. The number of nitrogens with zero attached hydrogens (tertiary/aromatic N) is 3. The molecule has 1 saturated carbocycles. The Hall–Kier alpha value is -2.02. The molecule has 6 nitrogen and oxygen atoms in total. The first-order chi connectivity index (χ1) is 12.1. The van der Waals surface area contributed by atoms with Gasteiger partial charge in [-0.1, -0.05) is 36.7 Å². The maximum Gasteiger partial charge on any atom is 0.230 e. The number of aromatic amines is 1. The third-order valence-corrected chi connectivity index (χ3v) is 5.35. The lowest BCUT2D eigenvalue weighted by molar-refractivity contribution is -0.118. The van der Waals surface area contributed by atoms with E-state index in [1.807, 2.05) is 26.2 Å². The minimum Gasteiger partial charge on any atom is -0.378 e. The summed E-state index contributed by atoms with van der Waals surface area (Å²) < 4.78 is 0. The molecule has 1 amide bonds. The molecule has 0 spiro atoms. The fraction of sp³-hybridized carbons (Fsp3) is 0.500. The number of H-pyrrole nitrogens is 1. The molecular formula is C18H25N5OS. The van der Waals surface area contributed by atoms with Gasteiger partial charge in [0.05, 0.1) is 5.75 Å². The van der Waals surface area contributed by atoms with Gasteiger partial charge in [0.15, 0.2) is 0 Å². The van der Waals surface area contributed by atoms with Gasteiger partial charge in [-0.05, 0) is 30.5 Å². The van der Waals surface area contributed by atoms with Crippen molar-refractivity contribution in [1.82, 2.24) is 20.5 Å². The van der Waals surface area contributed by atoms with Crippen molar-refractivity contribution in [2.24, 2.45) is 0 Å². The minimum absolute atomic E-state index is 0.00565. The lowest BCUT2D eigenvalue weighted by atomic mass is 10.1. The van der Waals surface area contributed by atoms with Crippen molar-refractivity contribution >= 4 is 23.4 Å². The highest BCUT2D eigenvalue weighted by molar-refractivity contribution is 7.99. The molecule has 2 aromatic rings. The Kier molecular flexibility index (Phi) is 5.96. The Morgan fingerprint density at radius 2 is 2.00 bits per heavy atom. The van der Waals surface area contributed by atoms with Crippen LogP contribution in [-0.4, -0.2) is 40.9 Å². The molecule has 0 bridgehead atoms.